The van der Waals surface area contributed by atoms with Gasteiger partial charge in [-0.05, 0) is 49.7 Å². The van der Waals surface area contributed by atoms with Crippen LogP contribution in [-0.2, 0) is 16.1 Å². The van der Waals surface area contributed by atoms with Crippen molar-refractivity contribution >= 4 is 45.4 Å². The van der Waals surface area contributed by atoms with E-state index in [0.717, 1.165) is 12.1 Å². The number of aromatic nitrogens is 8. The maximum Gasteiger partial charge on any atom is 0.317 e. The van der Waals surface area contributed by atoms with Crippen LogP contribution in [0.15, 0.2) is 48.8 Å². The Morgan fingerprint density at radius 1 is 1.02 bits per heavy atom. The summed E-state index contributed by atoms with van der Waals surface area (Å²) in [5, 5.41) is 4.53. The van der Waals surface area contributed by atoms with Crippen molar-refractivity contribution < 1.29 is 27.4 Å². The second-order valence-electron chi connectivity index (χ2n) is 12.5. The van der Waals surface area contributed by atoms with Crippen LogP contribution < -0.4 is 9.64 Å². The number of benzene rings is 2. The van der Waals surface area contributed by atoms with E-state index in [9.17, 15) is 18.0 Å². The van der Waals surface area contributed by atoms with Crippen molar-refractivity contribution in [1.82, 2.24) is 44.2 Å². The number of fused-ring (bicyclic) bond motifs is 6. The Bertz CT molecular complexity index is 2330. The summed E-state index contributed by atoms with van der Waals surface area (Å²) < 4.78 is 59.2. The van der Waals surface area contributed by atoms with Crippen LogP contribution in [0.25, 0.3) is 39.0 Å². The molecule has 2 aliphatic rings. The summed E-state index contributed by atoms with van der Waals surface area (Å²) >= 11 is 6.45. The zero-order valence-corrected chi connectivity index (χ0v) is 28.4. The van der Waals surface area contributed by atoms with E-state index in [1.807, 2.05) is 18.4 Å². The molecule has 51 heavy (non-hydrogen) atoms. The Kier molecular flexibility index (Phi) is 8.21. The van der Waals surface area contributed by atoms with E-state index in [0.29, 0.717) is 46.7 Å². The Morgan fingerprint density at radius 2 is 1.86 bits per heavy atom. The maximum atomic E-state index is 15.0. The lowest BCUT2D eigenvalue weighted by Crippen LogP contribution is -2.47. The van der Waals surface area contributed by atoms with E-state index in [2.05, 4.69) is 30.0 Å². The molecule has 13 nitrogen and oxygen atoms in total. The third-order valence-corrected chi connectivity index (χ3v) is 9.33. The number of ether oxygens (including phenoxy) is 2. The van der Waals surface area contributed by atoms with Gasteiger partial charge in [0.05, 0.1) is 47.5 Å². The quantitative estimate of drug-likeness (QED) is 0.232. The molecule has 3 atom stereocenters. The van der Waals surface area contributed by atoms with Gasteiger partial charge in [0.15, 0.2) is 11.5 Å². The average molecular weight is 719 g/mol. The number of amides is 1. The van der Waals surface area contributed by atoms with Crippen LogP contribution in [0.5, 0.6) is 6.01 Å². The molecule has 0 N–H and O–H groups in total. The number of nitrogens with zero attached hydrogens (tertiary/aromatic N) is 10. The van der Waals surface area contributed by atoms with E-state index in [4.69, 9.17) is 21.1 Å². The molecular formula is C34H30ClF3N10O3. The molecule has 0 spiro atoms. The number of rotatable bonds is 4. The lowest BCUT2D eigenvalue weighted by atomic mass is 10.1. The molecule has 1 amide bonds. The molecule has 262 valence electrons. The highest BCUT2D eigenvalue weighted by Crippen LogP contribution is 2.36. The van der Waals surface area contributed by atoms with Crippen LogP contribution in [0.3, 0.4) is 0 Å². The number of hydrogen-bond acceptors (Lipinski definition) is 10. The van der Waals surface area contributed by atoms with Crippen molar-refractivity contribution in [2.45, 2.75) is 45.1 Å². The third-order valence-electron chi connectivity index (χ3n) is 9.16. The summed E-state index contributed by atoms with van der Waals surface area (Å²) in [6, 6.07) is 6.80. The summed E-state index contributed by atoms with van der Waals surface area (Å²) in [5.41, 5.74) is 2.17. The van der Waals surface area contributed by atoms with Gasteiger partial charge in [-0.3, -0.25) is 4.79 Å². The number of aryl methyl sites for hydroxylation is 1. The summed E-state index contributed by atoms with van der Waals surface area (Å²) in [6.07, 6.45) is 2.12. The molecule has 0 aliphatic carbocycles. The number of halogens is 4. The molecule has 17 heteroatoms. The first-order valence-electron chi connectivity index (χ1n) is 16.2. The van der Waals surface area contributed by atoms with Crippen LogP contribution in [0, 0.1) is 24.4 Å². The number of likely N-dealkylation sites (N-methyl/N-ethyl adjacent to an activating group) is 1. The van der Waals surface area contributed by atoms with Crippen LogP contribution >= 0.6 is 11.6 Å². The number of carbonyl (C=O) groups is 1. The van der Waals surface area contributed by atoms with Crippen LogP contribution in [0.4, 0.5) is 19.0 Å². The second-order valence-corrected chi connectivity index (χ2v) is 12.8. The Hall–Kier alpha value is -5.35. The average Bonchev–Trinajstić information content (AvgIpc) is 3.79. The van der Waals surface area contributed by atoms with Crippen LogP contribution in [0.2, 0.25) is 5.28 Å². The second kappa shape index (κ2) is 12.8. The topological polar surface area (TPSA) is 129 Å². The normalized spacial score (nSPS) is 19.4. The van der Waals surface area contributed by atoms with E-state index >= 15 is 0 Å². The Morgan fingerprint density at radius 3 is 2.67 bits per heavy atom. The van der Waals surface area contributed by atoms with Gasteiger partial charge in [0, 0.05) is 50.5 Å². The summed E-state index contributed by atoms with van der Waals surface area (Å²) in [6.45, 7) is 4.78. The highest BCUT2D eigenvalue weighted by atomic mass is 35.5. The van der Waals surface area contributed by atoms with Crippen molar-refractivity contribution in [1.29, 1.82) is 0 Å². The first-order chi connectivity index (χ1) is 24.6. The largest absolute Gasteiger partial charge is 0.458 e. The van der Waals surface area contributed by atoms with E-state index < -0.39 is 35.7 Å². The van der Waals surface area contributed by atoms with Crippen molar-refractivity contribution in [3.63, 3.8) is 0 Å². The first-order valence-corrected chi connectivity index (χ1v) is 16.6. The SMILES string of the molecule is CCO[C@H]1CN(C)C(=O)[C@@H]2C[C@@H](CN2c2nc(Cl)nc3c2cnn3-c2ccc(F)cc2F)Oc2nccc(n2)-c2cc(F)cc3nc(C)n(c23)C1. The number of anilines is 1. The molecule has 1 fully saturated rings. The zero-order valence-electron chi connectivity index (χ0n) is 27.6. The monoisotopic (exact) mass is 718 g/mol. The van der Waals surface area contributed by atoms with Gasteiger partial charge in [0.25, 0.3) is 0 Å². The summed E-state index contributed by atoms with van der Waals surface area (Å²) in [4.78, 5) is 40.2. The van der Waals surface area contributed by atoms with Gasteiger partial charge in [-0.25, -0.2) is 27.8 Å². The lowest BCUT2D eigenvalue weighted by molar-refractivity contribution is -0.133. The molecule has 4 aromatic heterocycles. The molecule has 6 heterocycles. The molecule has 2 aromatic carbocycles. The van der Waals surface area contributed by atoms with E-state index in [1.54, 1.807) is 22.9 Å². The predicted octanol–water partition coefficient (Wildman–Crippen LogP) is 4.90. The fourth-order valence-corrected chi connectivity index (χ4v) is 7.14. The van der Waals surface area contributed by atoms with Crippen LogP contribution in [-0.4, -0.2) is 95.1 Å². The van der Waals surface area contributed by atoms with Gasteiger partial charge in [-0.2, -0.15) is 20.1 Å². The molecule has 4 bridgehead atoms. The highest BCUT2D eigenvalue weighted by molar-refractivity contribution is 6.28. The summed E-state index contributed by atoms with van der Waals surface area (Å²) in [7, 11) is 1.70. The molecule has 8 rings (SSSR count). The highest BCUT2D eigenvalue weighted by Gasteiger charge is 2.42. The lowest BCUT2D eigenvalue weighted by Gasteiger charge is -2.31. The molecule has 6 aromatic rings. The minimum absolute atomic E-state index is 0.0339. The van der Waals surface area contributed by atoms with Crippen molar-refractivity contribution in [2.24, 2.45) is 0 Å². The first kappa shape index (κ1) is 32.8. The van der Waals surface area contributed by atoms with E-state index in [-0.39, 0.29) is 53.9 Å². The van der Waals surface area contributed by atoms with E-state index in [1.165, 1.54) is 35.3 Å². The number of hydrogen-bond donors (Lipinski definition) is 0. The molecule has 1 saturated heterocycles. The van der Waals surface area contributed by atoms with Gasteiger partial charge in [0.2, 0.25) is 11.2 Å². The number of imidazole rings is 1. The van der Waals surface area contributed by atoms with Crippen molar-refractivity contribution in [2.75, 3.05) is 31.6 Å². The number of carbonyl (C=O) groups excluding carboxylic acids is 1. The minimum Gasteiger partial charge on any atom is -0.458 e. The molecule has 0 saturated carbocycles. The van der Waals surface area contributed by atoms with Gasteiger partial charge >= 0.3 is 6.01 Å². The Balaban J connectivity index is 1.24. The molecule has 0 unspecified atom stereocenters. The van der Waals surface area contributed by atoms with Gasteiger partial charge in [-0.15, -0.1) is 0 Å². The van der Waals surface area contributed by atoms with Crippen LogP contribution in [0.1, 0.15) is 19.2 Å². The fraction of sp³-hybridized carbons (Fsp3) is 0.324. The van der Waals surface area contributed by atoms with Crippen molar-refractivity contribution in [3.05, 3.63) is 77.4 Å². The third kappa shape index (κ3) is 5.87. The maximum absolute atomic E-state index is 15.0. The predicted molar refractivity (Wildman–Crippen MR) is 180 cm³/mol. The fourth-order valence-electron chi connectivity index (χ4n) is 6.98. The Labute approximate surface area is 293 Å². The van der Waals surface area contributed by atoms with Gasteiger partial charge in [-0.1, -0.05) is 0 Å². The van der Waals surface area contributed by atoms with Crippen molar-refractivity contribution in [3.8, 4) is 23.0 Å². The smallest absolute Gasteiger partial charge is 0.317 e. The molecule has 0 radical (unpaired) electrons. The minimum atomic E-state index is -0.850. The molecular weight excluding hydrogens is 689 g/mol. The van der Waals surface area contributed by atoms with Gasteiger partial charge < -0.3 is 23.8 Å². The molecule has 2 aliphatic heterocycles. The standard InChI is InChI=1S/C34H30ClF3N10O3/c1-4-50-21-14-45(3)32(49)28-12-20(51-34-39-8-7-25(42-34)22-9-19(37)11-26-29(22)46(16-21)17(2)41-26)15-47(28)30-23-13-40-48(31(23)44-33(35)43-30)27-6-5-18(36)10-24(27)38/h5-11,13,20-21,28H,4,12,14-16H2,1-3H3/t20-,21-,28-/m0/s1. The zero-order chi connectivity index (χ0) is 35.6. The summed E-state index contributed by atoms with van der Waals surface area (Å²) in [5.74, 6) is -1.40. The van der Waals surface area contributed by atoms with Gasteiger partial charge in [0.1, 0.15) is 41.1 Å².